The summed E-state index contributed by atoms with van der Waals surface area (Å²) in [5.41, 5.74) is 1.99. The molecule has 22 heavy (non-hydrogen) atoms. The first-order chi connectivity index (χ1) is 10.7. The number of nitrogens with zero attached hydrogens (tertiary/aromatic N) is 3. The molecule has 0 saturated carbocycles. The minimum atomic E-state index is -0.0684. The Morgan fingerprint density at radius 1 is 1.18 bits per heavy atom. The number of benzene rings is 1. The lowest BCUT2D eigenvalue weighted by Gasteiger charge is -2.32. The predicted molar refractivity (Wildman–Crippen MR) is 79.7 cm³/mol. The molecule has 6 heteroatoms. The molecular formula is C16H17N3O3. The lowest BCUT2D eigenvalue weighted by molar-refractivity contribution is 0.0651. The summed E-state index contributed by atoms with van der Waals surface area (Å²) >= 11 is 0. The number of amides is 1. The highest BCUT2D eigenvalue weighted by atomic mass is 16.5. The Bertz CT molecular complexity index is 717. The second kappa shape index (κ2) is 5.14. The summed E-state index contributed by atoms with van der Waals surface area (Å²) in [7, 11) is 2.06. The van der Waals surface area contributed by atoms with Gasteiger partial charge in [-0.1, -0.05) is 17.3 Å². The van der Waals surface area contributed by atoms with Crippen molar-refractivity contribution in [2.24, 2.45) is 0 Å². The van der Waals surface area contributed by atoms with Crippen LogP contribution in [-0.4, -0.2) is 54.1 Å². The zero-order valence-corrected chi connectivity index (χ0v) is 12.4. The fraction of sp³-hybridized carbons (Fsp3) is 0.375. The number of aromatic nitrogens is 1. The van der Waals surface area contributed by atoms with E-state index in [0.29, 0.717) is 31.2 Å². The quantitative estimate of drug-likeness (QED) is 0.801. The molecule has 2 aliphatic rings. The summed E-state index contributed by atoms with van der Waals surface area (Å²) < 4.78 is 11.2. The molecule has 4 rings (SSSR count). The van der Waals surface area contributed by atoms with Crippen LogP contribution in [0, 0.1) is 0 Å². The van der Waals surface area contributed by atoms with E-state index in [9.17, 15) is 4.79 Å². The molecule has 0 N–H and O–H groups in total. The predicted octanol–water partition coefficient (Wildman–Crippen LogP) is 1.62. The number of rotatable bonds is 1. The van der Waals surface area contributed by atoms with Crippen LogP contribution in [0.4, 0.5) is 0 Å². The average Bonchev–Trinajstić information content (AvgIpc) is 2.99. The number of carbonyl (C=O) groups is 1. The van der Waals surface area contributed by atoms with Crippen LogP contribution in [0.5, 0.6) is 5.75 Å². The second-order valence-electron chi connectivity index (χ2n) is 5.72. The molecule has 6 nitrogen and oxygen atoms in total. The van der Waals surface area contributed by atoms with Crippen molar-refractivity contribution in [3.05, 3.63) is 35.5 Å². The number of piperazine rings is 1. The standard InChI is InChI=1S/C16H17N3O3/c1-18-6-8-19(9-7-18)16(20)14-12-10-21-13-5-3-2-4-11(13)15(12)22-17-14/h2-5H,6-10H2,1H3. The third-order valence-electron chi connectivity index (χ3n) is 4.28. The van der Waals surface area contributed by atoms with E-state index in [1.165, 1.54) is 0 Å². The average molecular weight is 299 g/mol. The fourth-order valence-electron chi connectivity index (χ4n) is 2.91. The first-order valence-electron chi connectivity index (χ1n) is 7.42. The van der Waals surface area contributed by atoms with Gasteiger partial charge in [-0.15, -0.1) is 0 Å². The van der Waals surface area contributed by atoms with Crippen LogP contribution in [0.3, 0.4) is 0 Å². The van der Waals surface area contributed by atoms with Gasteiger partial charge in [0.05, 0.1) is 11.1 Å². The zero-order valence-electron chi connectivity index (χ0n) is 12.4. The molecule has 1 amide bonds. The van der Waals surface area contributed by atoms with Crippen LogP contribution in [0.25, 0.3) is 11.3 Å². The molecule has 1 aromatic carbocycles. The molecule has 1 aromatic heterocycles. The highest BCUT2D eigenvalue weighted by Crippen LogP contribution is 2.38. The highest BCUT2D eigenvalue weighted by molar-refractivity contribution is 5.95. The molecular weight excluding hydrogens is 282 g/mol. The Morgan fingerprint density at radius 2 is 1.95 bits per heavy atom. The Balaban J connectivity index is 1.66. The first kappa shape index (κ1) is 13.3. The summed E-state index contributed by atoms with van der Waals surface area (Å²) in [4.78, 5) is 16.7. The van der Waals surface area contributed by atoms with Gasteiger partial charge < -0.3 is 19.1 Å². The number of hydrogen-bond acceptors (Lipinski definition) is 5. The van der Waals surface area contributed by atoms with Gasteiger partial charge in [0.25, 0.3) is 5.91 Å². The molecule has 1 saturated heterocycles. The maximum atomic E-state index is 12.7. The molecule has 2 aromatic rings. The smallest absolute Gasteiger partial charge is 0.276 e. The van der Waals surface area contributed by atoms with E-state index in [4.69, 9.17) is 9.26 Å². The Kier molecular flexibility index (Phi) is 3.11. The van der Waals surface area contributed by atoms with Crippen LogP contribution < -0.4 is 4.74 Å². The highest BCUT2D eigenvalue weighted by Gasteiger charge is 2.31. The molecule has 0 aliphatic carbocycles. The number of hydrogen-bond donors (Lipinski definition) is 0. The van der Waals surface area contributed by atoms with Crippen LogP contribution in [-0.2, 0) is 6.61 Å². The van der Waals surface area contributed by atoms with E-state index >= 15 is 0 Å². The molecule has 114 valence electrons. The van der Waals surface area contributed by atoms with E-state index in [0.717, 1.165) is 30.0 Å². The third kappa shape index (κ3) is 2.07. The van der Waals surface area contributed by atoms with E-state index in [-0.39, 0.29) is 5.91 Å². The van der Waals surface area contributed by atoms with Crippen molar-refractivity contribution >= 4 is 5.91 Å². The van der Waals surface area contributed by atoms with Gasteiger partial charge in [-0.2, -0.15) is 0 Å². The third-order valence-corrected chi connectivity index (χ3v) is 4.28. The lowest BCUT2D eigenvalue weighted by Crippen LogP contribution is -2.47. The van der Waals surface area contributed by atoms with Crippen molar-refractivity contribution < 1.29 is 14.1 Å². The van der Waals surface area contributed by atoms with Crippen LogP contribution in [0.1, 0.15) is 16.1 Å². The summed E-state index contributed by atoms with van der Waals surface area (Å²) in [6, 6.07) is 7.64. The number of para-hydroxylation sites is 1. The second-order valence-corrected chi connectivity index (χ2v) is 5.72. The zero-order chi connectivity index (χ0) is 15.1. The van der Waals surface area contributed by atoms with E-state index < -0.39 is 0 Å². The van der Waals surface area contributed by atoms with Crippen molar-refractivity contribution in [3.63, 3.8) is 0 Å². The molecule has 0 bridgehead atoms. The number of likely N-dealkylation sites (N-methyl/N-ethyl adjacent to an activating group) is 1. The Morgan fingerprint density at radius 3 is 2.77 bits per heavy atom. The summed E-state index contributed by atoms with van der Waals surface area (Å²) in [6.07, 6.45) is 0. The van der Waals surface area contributed by atoms with Crippen molar-refractivity contribution in [2.75, 3.05) is 33.2 Å². The van der Waals surface area contributed by atoms with Gasteiger partial charge in [-0.3, -0.25) is 4.79 Å². The van der Waals surface area contributed by atoms with Gasteiger partial charge >= 0.3 is 0 Å². The van der Waals surface area contributed by atoms with E-state index in [2.05, 4.69) is 17.1 Å². The van der Waals surface area contributed by atoms with Gasteiger partial charge in [0, 0.05) is 26.2 Å². The monoisotopic (exact) mass is 299 g/mol. The molecule has 0 spiro atoms. The summed E-state index contributed by atoms with van der Waals surface area (Å²) in [5, 5.41) is 4.03. The minimum Gasteiger partial charge on any atom is -0.488 e. The summed E-state index contributed by atoms with van der Waals surface area (Å²) in [5.74, 6) is 1.35. The van der Waals surface area contributed by atoms with Crippen molar-refractivity contribution in [1.29, 1.82) is 0 Å². The van der Waals surface area contributed by atoms with Crippen LogP contribution in [0.15, 0.2) is 28.8 Å². The fourth-order valence-corrected chi connectivity index (χ4v) is 2.91. The van der Waals surface area contributed by atoms with Gasteiger partial charge in [0.2, 0.25) is 0 Å². The number of fused-ring (bicyclic) bond motifs is 3. The van der Waals surface area contributed by atoms with Crippen LogP contribution in [0.2, 0.25) is 0 Å². The maximum absolute atomic E-state index is 12.7. The SMILES string of the molecule is CN1CCN(C(=O)c2noc3c2COc2ccccc2-3)CC1. The topological polar surface area (TPSA) is 58.8 Å². The number of ether oxygens (including phenoxy) is 1. The molecule has 2 aliphatic heterocycles. The van der Waals surface area contributed by atoms with E-state index in [1.807, 2.05) is 29.2 Å². The Hall–Kier alpha value is -2.34. The van der Waals surface area contributed by atoms with Gasteiger partial charge in [0.1, 0.15) is 12.4 Å². The van der Waals surface area contributed by atoms with Crippen molar-refractivity contribution in [2.45, 2.75) is 6.61 Å². The molecule has 0 radical (unpaired) electrons. The molecule has 0 unspecified atom stereocenters. The van der Waals surface area contributed by atoms with Gasteiger partial charge in [-0.25, -0.2) is 0 Å². The maximum Gasteiger partial charge on any atom is 0.276 e. The van der Waals surface area contributed by atoms with Crippen molar-refractivity contribution in [1.82, 2.24) is 15.0 Å². The van der Waals surface area contributed by atoms with Crippen molar-refractivity contribution in [3.8, 4) is 17.1 Å². The Labute approximate surface area is 128 Å². The largest absolute Gasteiger partial charge is 0.488 e. The number of carbonyl (C=O) groups excluding carboxylic acids is 1. The molecule has 1 fully saturated rings. The van der Waals surface area contributed by atoms with Gasteiger partial charge in [0.15, 0.2) is 11.5 Å². The lowest BCUT2D eigenvalue weighted by atomic mass is 10.0. The van der Waals surface area contributed by atoms with Crippen LogP contribution >= 0.6 is 0 Å². The minimum absolute atomic E-state index is 0.0684. The normalized spacial score (nSPS) is 17.6. The van der Waals surface area contributed by atoms with Gasteiger partial charge in [-0.05, 0) is 19.2 Å². The first-order valence-corrected chi connectivity index (χ1v) is 7.42. The molecule has 3 heterocycles. The summed E-state index contributed by atoms with van der Waals surface area (Å²) in [6.45, 7) is 3.52. The van der Waals surface area contributed by atoms with E-state index in [1.54, 1.807) is 0 Å². The molecule has 0 atom stereocenters.